The first-order chi connectivity index (χ1) is 13.2. The Bertz CT molecular complexity index is 875. The predicted octanol–water partition coefficient (Wildman–Crippen LogP) is 2.91. The first kappa shape index (κ1) is 18.4. The van der Waals surface area contributed by atoms with Gasteiger partial charge < -0.3 is 14.6 Å². The summed E-state index contributed by atoms with van der Waals surface area (Å²) in [6.45, 7) is 2.24. The van der Waals surface area contributed by atoms with Gasteiger partial charge in [0, 0.05) is 18.0 Å². The Balaban J connectivity index is 1.71. The van der Waals surface area contributed by atoms with Crippen LogP contribution in [0, 0.1) is 0 Å². The summed E-state index contributed by atoms with van der Waals surface area (Å²) in [6, 6.07) is 16.4. The number of hydrogen-bond donors (Lipinski definition) is 1. The highest BCUT2D eigenvalue weighted by Gasteiger charge is 2.23. The van der Waals surface area contributed by atoms with Gasteiger partial charge in [-0.25, -0.2) is 9.78 Å². The van der Waals surface area contributed by atoms with Gasteiger partial charge in [-0.2, -0.15) is 0 Å². The Kier molecular flexibility index (Phi) is 5.99. The molecule has 1 aromatic heterocycles. The second-order valence-electron chi connectivity index (χ2n) is 5.98. The van der Waals surface area contributed by atoms with Crippen LogP contribution < -0.4 is 5.32 Å². The lowest BCUT2D eigenvalue weighted by Crippen LogP contribution is -2.44. The van der Waals surface area contributed by atoms with Crippen LogP contribution in [0.15, 0.2) is 73.3 Å². The number of carbonyl (C=O) groups is 2. The number of ether oxygens (including phenoxy) is 1. The van der Waals surface area contributed by atoms with E-state index in [2.05, 4.69) is 10.3 Å². The van der Waals surface area contributed by atoms with Gasteiger partial charge in [-0.3, -0.25) is 4.79 Å². The normalized spacial score (nSPS) is 11.6. The Labute approximate surface area is 157 Å². The zero-order chi connectivity index (χ0) is 19.1. The number of nitrogens with one attached hydrogen (secondary N) is 1. The average Bonchev–Trinajstić information content (AvgIpc) is 3.21. The molecule has 1 N–H and O–H groups in total. The second-order valence-corrected chi connectivity index (χ2v) is 5.98. The van der Waals surface area contributed by atoms with E-state index in [1.54, 1.807) is 42.3 Å². The third kappa shape index (κ3) is 4.82. The highest BCUT2D eigenvalue weighted by molar-refractivity contribution is 5.97. The molecular formula is C21H21N3O3. The summed E-state index contributed by atoms with van der Waals surface area (Å²) in [5.74, 6) is -0.798. The van der Waals surface area contributed by atoms with Crippen LogP contribution in [0.3, 0.4) is 0 Å². The van der Waals surface area contributed by atoms with Gasteiger partial charge >= 0.3 is 5.97 Å². The van der Waals surface area contributed by atoms with Crippen molar-refractivity contribution >= 4 is 11.9 Å². The molecule has 1 amide bonds. The van der Waals surface area contributed by atoms with E-state index in [4.69, 9.17) is 4.74 Å². The average molecular weight is 363 g/mol. The summed E-state index contributed by atoms with van der Waals surface area (Å²) in [6.07, 6.45) is 4.94. The highest BCUT2D eigenvalue weighted by atomic mass is 16.5. The van der Waals surface area contributed by atoms with Crippen LogP contribution in [-0.2, 0) is 16.1 Å². The summed E-state index contributed by atoms with van der Waals surface area (Å²) in [5, 5.41) is 2.75. The van der Waals surface area contributed by atoms with Crippen LogP contribution in [0.5, 0.6) is 0 Å². The highest BCUT2D eigenvalue weighted by Crippen LogP contribution is 2.19. The minimum atomic E-state index is -0.791. The van der Waals surface area contributed by atoms with Crippen LogP contribution in [0.1, 0.15) is 17.3 Å². The smallest absolute Gasteiger partial charge is 0.330 e. The fourth-order valence-corrected chi connectivity index (χ4v) is 2.71. The van der Waals surface area contributed by atoms with E-state index in [1.807, 2.05) is 42.5 Å². The van der Waals surface area contributed by atoms with Crippen molar-refractivity contribution in [1.82, 2.24) is 14.9 Å². The molecular weight excluding hydrogens is 342 g/mol. The lowest BCUT2D eigenvalue weighted by Gasteiger charge is -2.18. The maximum Gasteiger partial charge on any atom is 0.330 e. The Morgan fingerprint density at radius 1 is 1.07 bits per heavy atom. The van der Waals surface area contributed by atoms with Gasteiger partial charge in [-0.15, -0.1) is 0 Å². The van der Waals surface area contributed by atoms with E-state index in [0.29, 0.717) is 5.56 Å². The number of amides is 1. The van der Waals surface area contributed by atoms with Crippen LogP contribution in [0.4, 0.5) is 0 Å². The minimum absolute atomic E-state index is 0.251. The molecule has 0 radical (unpaired) electrons. The van der Waals surface area contributed by atoms with Gasteiger partial charge in [0.25, 0.3) is 5.91 Å². The van der Waals surface area contributed by atoms with Crippen molar-refractivity contribution in [3.05, 3.63) is 78.9 Å². The van der Waals surface area contributed by atoms with Crippen LogP contribution >= 0.6 is 0 Å². The molecule has 0 bridgehead atoms. The second kappa shape index (κ2) is 8.80. The molecule has 0 aliphatic rings. The molecule has 1 atom stereocenters. The zero-order valence-electron chi connectivity index (χ0n) is 15.0. The van der Waals surface area contributed by atoms with Gasteiger partial charge in [0.15, 0.2) is 0 Å². The third-order valence-corrected chi connectivity index (χ3v) is 4.08. The standard InChI is InChI=1S/C21H21N3O3/c1-2-27-21(26)19(14-24-13-12-22-15-24)23-20(25)18-10-8-17(9-11-18)16-6-4-3-5-7-16/h3-13,15,19H,2,14H2,1H3,(H,23,25). The van der Waals surface area contributed by atoms with Crippen LogP contribution in [0.25, 0.3) is 11.1 Å². The fraction of sp³-hybridized carbons (Fsp3) is 0.190. The zero-order valence-corrected chi connectivity index (χ0v) is 15.0. The first-order valence-electron chi connectivity index (χ1n) is 8.76. The monoisotopic (exact) mass is 363 g/mol. The number of nitrogens with zero attached hydrogens (tertiary/aromatic N) is 2. The summed E-state index contributed by atoms with van der Waals surface area (Å²) in [7, 11) is 0. The maximum atomic E-state index is 12.6. The van der Waals surface area contributed by atoms with Crippen molar-refractivity contribution in [1.29, 1.82) is 0 Å². The molecule has 3 aromatic rings. The SMILES string of the molecule is CCOC(=O)C(Cn1ccnc1)NC(=O)c1ccc(-c2ccccc2)cc1. The molecule has 0 fully saturated rings. The molecule has 0 spiro atoms. The summed E-state index contributed by atoms with van der Waals surface area (Å²) < 4.78 is 6.80. The van der Waals surface area contributed by atoms with Gasteiger partial charge in [0.2, 0.25) is 0 Å². The lowest BCUT2D eigenvalue weighted by molar-refractivity contribution is -0.145. The topological polar surface area (TPSA) is 73.2 Å². The van der Waals surface area contributed by atoms with E-state index in [1.165, 1.54) is 0 Å². The van der Waals surface area contributed by atoms with Crippen molar-refractivity contribution in [3.8, 4) is 11.1 Å². The number of esters is 1. The number of rotatable bonds is 7. The van der Waals surface area contributed by atoms with Crippen LogP contribution in [0.2, 0.25) is 0 Å². The van der Waals surface area contributed by atoms with E-state index in [9.17, 15) is 9.59 Å². The van der Waals surface area contributed by atoms with Gasteiger partial charge in [-0.1, -0.05) is 42.5 Å². The molecule has 2 aromatic carbocycles. The Morgan fingerprint density at radius 3 is 2.41 bits per heavy atom. The predicted molar refractivity (Wildman–Crippen MR) is 102 cm³/mol. The number of imidazole rings is 1. The first-order valence-corrected chi connectivity index (χ1v) is 8.76. The van der Waals surface area contributed by atoms with Crippen molar-refractivity contribution < 1.29 is 14.3 Å². The van der Waals surface area contributed by atoms with Crippen molar-refractivity contribution in [2.24, 2.45) is 0 Å². The molecule has 0 saturated carbocycles. The van der Waals surface area contributed by atoms with E-state index < -0.39 is 12.0 Å². The van der Waals surface area contributed by atoms with E-state index >= 15 is 0 Å². The fourth-order valence-electron chi connectivity index (χ4n) is 2.71. The summed E-state index contributed by atoms with van der Waals surface area (Å²) in [5.41, 5.74) is 2.58. The van der Waals surface area contributed by atoms with E-state index in [-0.39, 0.29) is 19.1 Å². The molecule has 6 heteroatoms. The molecule has 1 heterocycles. The molecule has 0 saturated heterocycles. The molecule has 0 aliphatic heterocycles. The Morgan fingerprint density at radius 2 is 1.78 bits per heavy atom. The number of hydrogen-bond acceptors (Lipinski definition) is 4. The van der Waals surface area contributed by atoms with Crippen LogP contribution in [-0.4, -0.2) is 34.1 Å². The maximum absolute atomic E-state index is 12.6. The van der Waals surface area contributed by atoms with Crippen molar-refractivity contribution in [2.45, 2.75) is 19.5 Å². The molecule has 3 rings (SSSR count). The Hall–Kier alpha value is -3.41. The number of carbonyl (C=O) groups excluding carboxylic acids is 2. The van der Waals surface area contributed by atoms with E-state index in [0.717, 1.165) is 11.1 Å². The molecule has 0 aliphatic carbocycles. The quantitative estimate of drug-likeness (QED) is 0.655. The van der Waals surface area contributed by atoms with Gasteiger partial charge in [0.05, 0.1) is 19.5 Å². The van der Waals surface area contributed by atoms with Gasteiger partial charge in [0.1, 0.15) is 6.04 Å². The summed E-state index contributed by atoms with van der Waals surface area (Å²) in [4.78, 5) is 28.8. The molecule has 27 heavy (non-hydrogen) atoms. The number of benzene rings is 2. The largest absolute Gasteiger partial charge is 0.464 e. The minimum Gasteiger partial charge on any atom is -0.464 e. The molecule has 1 unspecified atom stereocenters. The molecule has 138 valence electrons. The molecule has 6 nitrogen and oxygen atoms in total. The third-order valence-electron chi connectivity index (χ3n) is 4.08. The van der Waals surface area contributed by atoms with Crippen molar-refractivity contribution in [3.63, 3.8) is 0 Å². The summed E-state index contributed by atoms with van der Waals surface area (Å²) >= 11 is 0. The van der Waals surface area contributed by atoms with Gasteiger partial charge in [-0.05, 0) is 30.2 Å². The lowest BCUT2D eigenvalue weighted by atomic mass is 10.0. The number of aromatic nitrogens is 2. The van der Waals surface area contributed by atoms with Crippen molar-refractivity contribution in [2.75, 3.05) is 6.61 Å².